The molecule has 7 heteroatoms. The summed E-state index contributed by atoms with van der Waals surface area (Å²) in [6.45, 7) is 4.11. The third kappa shape index (κ3) is 4.44. The lowest BCUT2D eigenvalue weighted by Gasteiger charge is -2.19. The summed E-state index contributed by atoms with van der Waals surface area (Å²) in [5, 5.41) is 11.7. The zero-order chi connectivity index (χ0) is 13.5. The number of carbonyl (C=O) groups excluding carboxylic acids is 2. The summed E-state index contributed by atoms with van der Waals surface area (Å²) in [5.41, 5.74) is 6.20. The number of amides is 3. The van der Waals surface area contributed by atoms with Crippen LogP contribution in [0.1, 0.15) is 19.4 Å². The molecule has 0 fully saturated rings. The van der Waals surface area contributed by atoms with Crippen LogP contribution in [0.4, 0.5) is 4.79 Å². The van der Waals surface area contributed by atoms with Crippen LogP contribution in [0.15, 0.2) is 12.4 Å². The molecule has 1 aromatic rings. The molecule has 1 atom stereocenters. The van der Waals surface area contributed by atoms with Crippen molar-refractivity contribution in [2.75, 3.05) is 6.54 Å². The molecule has 18 heavy (non-hydrogen) atoms. The molecule has 3 amide bonds. The van der Waals surface area contributed by atoms with Gasteiger partial charge in [-0.25, -0.2) is 4.79 Å². The molecule has 0 aliphatic rings. The van der Waals surface area contributed by atoms with Gasteiger partial charge in [0.1, 0.15) is 6.04 Å². The first-order chi connectivity index (χ1) is 8.50. The van der Waals surface area contributed by atoms with E-state index in [0.29, 0.717) is 13.0 Å². The summed E-state index contributed by atoms with van der Waals surface area (Å²) in [5.74, 6) is -0.572. The predicted molar refractivity (Wildman–Crippen MR) is 66.6 cm³/mol. The quantitative estimate of drug-likeness (QED) is 0.561. The van der Waals surface area contributed by atoms with Gasteiger partial charge in [-0.15, -0.1) is 0 Å². The van der Waals surface area contributed by atoms with Gasteiger partial charge in [0.15, 0.2) is 0 Å². The number of H-pyrrole nitrogens is 1. The van der Waals surface area contributed by atoms with E-state index < -0.39 is 18.0 Å². The summed E-state index contributed by atoms with van der Waals surface area (Å²) < 4.78 is 0. The fraction of sp³-hybridized carbons (Fsp3) is 0.545. The summed E-state index contributed by atoms with van der Waals surface area (Å²) in [7, 11) is 0. The maximum atomic E-state index is 11.5. The molecule has 1 heterocycles. The molecular weight excluding hydrogens is 234 g/mol. The smallest absolute Gasteiger partial charge is 0.315 e. The SMILES string of the molecule is CC(C)[C@H](NC(=O)NCCc1cn[nH]c1)C(N)=O. The largest absolute Gasteiger partial charge is 0.368 e. The normalized spacial score (nSPS) is 12.2. The van der Waals surface area contributed by atoms with Crippen molar-refractivity contribution >= 4 is 11.9 Å². The van der Waals surface area contributed by atoms with Crippen molar-refractivity contribution in [3.8, 4) is 0 Å². The number of primary amides is 1. The van der Waals surface area contributed by atoms with E-state index in [-0.39, 0.29) is 5.92 Å². The molecule has 7 nitrogen and oxygen atoms in total. The summed E-state index contributed by atoms with van der Waals surface area (Å²) in [6.07, 6.45) is 4.13. The number of nitrogens with one attached hydrogen (secondary N) is 3. The molecule has 0 aliphatic carbocycles. The third-order valence-corrected chi connectivity index (χ3v) is 2.51. The molecule has 0 unspecified atom stereocenters. The van der Waals surface area contributed by atoms with Gasteiger partial charge in [0.25, 0.3) is 0 Å². The maximum Gasteiger partial charge on any atom is 0.315 e. The lowest BCUT2D eigenvalue weighted by atomic mass is 10.0. The van der Waals surface area contributed by atoms with Gasteiger partial charge in [-0.3, -0.25) is 9.89 Å². The Hall–Kier alpha value is -2.05. The van der Waals surface area contributed by atoms with E-state index in [9.17, 15) is 9.59 Å². The molecule has 1 aromatic heterocycles. The number of hydrogen-bond donors (Lipinski definition) is 4. The minimum Gasteiger partial charge on any atom is -0.368 e. The standard InChI is InChI=1S/C11H19N5O2/c1-7(2)9(10(12)17)16-11(18)13-4-3-8-5-14-15-6-8/h5-7,9H,3-4H2,1-2H3,(H2,12,17)(H,14,15)(H2,13,16,18)/t9-/m0/s1. The Labute approximate surface area is 106 Å². The molecule has 0 bridgehead atoms. The van der Waals surface area contributed by atoms with E-state index in [1.54, 1.807) is 12.4 Å². The number of aromatic nitrogens is 2. The van der Waals surface area contributed by atoms with E-state index >= 15 is 0 Å². The first-order valence-electron chi connectivity index (χ1n) is 5.82. The number of aromatic amines is 1. The highest BCUT2D eigenvalue weighted by Crippen LogP contribution is 2.00. The van der Waals surface area contributed by atoms with Crippen molar-refractivity contribution < 1.29 is 9.59 Å². The van der Waals surface area contributed by atoms with Crippen LogP contribution in [0.25, 0.3) is 0 Å². The first kappa shape index (κ1) is 14.0. The number of carbonyl (C=O) groups is 2. The molecule has 100 valence electrons. The van der Waals surface area contributed by atoms with E-state index in [1.807, 2.05) is 13.8 Å². The van der Waals surface area contributed by atoms with Crippen molar-refractivity contribution in [2.45, 2.75) is 26.3 Å². The highest BCUT2D eigenvalue weighted by molar-refractivity contribution is 5.86. The summed E-state index contributed by atoms with van der Waals surface area (Å²) in [4.78, 5) is 22.6. The van der Waals surface area contributed by atoms with Gasteiger partial charge in [-0.05, 0) is 17.9 Å². The second-order valence-corrected chi connectivity index (χ2v) is 4.38. The van der Waals surface area contributed by atoms with Crippen LogP contribution in [-0.2, 0) is 11.2 Å². The minimum atomic E-state index is -0.654. The molecular formula is C11H19N5O2. The van der Waals surface area contributed by atoms with Gasteiger partial charge in [0.05, 0.1) is 6.20 Å². The second kappa shape index (κ2) is 6.63. The van der Waals surface area contributed by atoms with Crippen LogP contribution in [0.5, 0.6) is 0 Å². The van der Waals surface area contributed by atoms with Gasteiger partial charge >= 0.3 is 6.03 Å². The minimum absolute atomic E-state index is 0.0397. The van der Waals surface area contributed by atoms with E-state index in [0.717, 1.165) is 5.56 Å². The summed E-state index contributed by atoms with van der Waals surface area (Å²) in [6, 6.07) is -1.05. The third-order valence-electron chi connectivity index (χ3n) is 2.51. The summed E-state index contributed by atoms with van der Waals surface area (Å²) >= 11 is 0. The zero-order valence-corrected chi connectivity index (χ0v) is 10.6. The molecule has 0 aliphatic heterocycles. The number of nitrogens with zero attached hydrogens (tertiary/aromatic N) is 1. The molecule has 0 saturated heterocycles. The lowest BCUT2D eigenvalue weighted by Crippen LogP contribution is -2.51. The number of rotatable bonds is 6. The van der Waals surface area contributed by atoms with Crippen molar-refractivity contribution in [3.63, 3.8) is 0 Å². The number of urea groups is 1. The van der Waals surface area contributed by atoms with Gasteiger partial charge in [-0.1, -0.05) is 13.8 Å². The Morgan fingerprint density at radius 2 is 2.22 bits per heavy atom. The number of hydrogen-bond acceptors (Lipinski definition) is 3. The fourth-order valence-electron chi connectivity index (χ4n) is 1.49. The van der Waals surface area contributed by atoms with E-state index in [1.165, 1.54) is 0 Å². The topological polar surface area (TPSA) is 113 Å². The average molecular weight is 253 g/mol. The molecule has 5 N–H and O–H groups in total. The maximum absolute atomic E-state index is 11.5. The van der Waals surface area contributed by atoms with Gasteiger partial charge in [-0.2, -0.15) is 5.10 Å². The van der Waals surface area contributed by atoms with Crippen molar-refractivity contribution in [2.24, 2.45) is 11.7 Å². The number of nitrogens with two attached hydrogens (primary N) is 1. The molecule has 0 spiro atoms. The van der Waals surface area contributed by atoms with Crippen LogP contribution in [-0.4, -0.2) is 34.7 Å². The monoisotopic (exact) mass is 253 g/mol. The van der Waals surface area contributed by atoms with Crippen LogP contribution < -0.4 is 16.4 Å². The van der Waals surface area contributed by atoms with Crippen molar-refractivity contribution in [3.05, 3.63) is 18.0 Å². The van der Waals surface area contributed by atoms with Crippen molar-refractivity contribution in [1.82, 2.24) is 20.8 Å². The Morgan fingerprint density at radius 1 is 1.50 bits per heavy atom. The molecule has 1 rings (SSSR count). The Morgan fingerprint density at radius 3 is 2.72 bits per heavy atom. The Kier molecular flexibility index (Phi) is 5.16. The highest BCUT2D eigenvalue weighted by atomic mass is 16.2. The van der Waals surface area contributed by atoms with Crippen LogP contribution in [0.3, 0.4) is 0 Å². The van der Waals surface area contributed by atoms with Crippen molar-refractivity contribution in [1.29, 1.82) is 0 Å². The van der Waals surface area contributed by atoms with E-state index in [2.05, 4.69) is 20.8 Å². The highest BCUT2D eigenvalue weighted by Gasteiger charge is 2.21. The molecule has 0 saturated carbocycles. The van der Waals surface area contributed by atoms with Gasteiger partial charge in [0.2, 0.25) is 5.91 Å². The predicted octanol–water partition coefficient (Wildman–Crippen LogP) is -0.239. The van der Waals surface area contributed by atoms with Gasteiger partial charge < -0.3 is 16.4 Å². The van der Waals surface area contributed by atoms with Gasteiger partial charge in [0, 0.05) is 12.7 Å². The first-order valence-corrected chi connectivity index (χ1v) is 5.82. The average Bonchev–Trinajstić information content (AvgIpc) is 2.78. The Balaban J connectivity index is 2.30. The fourth-order valence-corrected chi connectivity index (χ4v) is 1.49. The van der Waals surface area contributed by atoms with Crippen LogP contribution in [0, 0.1) is 5.92 Å². The van der Waals surface area contributed by atoms with Crippen LogP contribution in [0.2, 0.25) is 0 Å². The van der Waals surface area contributed by atoms with E-state index in [4.69, 9.17) is 5.73 Å². The van der Waals surface area contributed by atoms with Crippen LogP contribution >= 0.6 is 0 Å². The molecule has 0 radical (unpaired) electrons. The second-order valence-electron chi connectivity index (χ2n) is 4.38. The molecule has 0 aromatic carbocycles. The Bertz CT molecular complexity index is 388. The lowest BCUT2D eigenvalue weighted by molar-refractivity contribution is -0.120. The zero-order valence-electron chi connectivity index (χ0n) is 10.6.